The van der Waals surface area contributed by atoms with Crippen LogP contribution >= 0.6 is 0 Å². The SMILES string of the molecule is CN=CC(=CN)c1cnc(N(Cc2cc(C(F)(F)F)cc(C(F)(F)F)c2)C2C[C@@H](C)N(C(=O)OC3CCC(C(=O)O)CC3)[C@@H](C)C2)nc1. The number of halogens is 6. The van der Waals surface area contributed by atoms with Crippen LogP contribution in [0.25, 0.3) is 5.57 Å². The van der Waals surface area contributed by atoms with E-state index >= 15 is 0 Å². The van der Waals surface area contributed by atoms with E-state index in [0.717, 1.165) is 0 Å². The Kier molecular flexibility index (Phi) is 11.3. The molecule has 16 heteroatoms. The van der Waals surface area contributed by atoms with Gasteiger partial charge >= 0.3 is 24.4 Å². The van der Waals surface area contributed by atoms with E-state index in [9.17, 15) is 41.0 Å². The zero-order chi connectivity index (χ0) is 35.4. The first kappa shape index (κ1) is 36.5. The molecule has 1 aliphatic heterocycles. The average molecular weight is 685 g/mol. The third-order valence-electron chi connectivity index (χ3n) is 8.80. The summed E-state index contributed by atoms with van der Waals surface area (Å²) in [6.45, 7) is 3.17. The molecule has 1 amide bonds. The molecular formula is C32H38F6N6O4. The maximum absolute atomic E-state index is 13.7. The maximum Gasteiger partial charge on any atom is 0.416 e. The smallest absolute Gasteiger partial charge is 0.416 e. The number of amides is 1. The monoisotopic (exact) mass is 684 g/mol. The van der Waals surface area contributed by atoms with Gasteiger partial charge in [-0.2, -0.15) is 26.3 Å². The number of carboxylic acid groups (broad SMARTS) is 1. The first-order chi connectivity index (χ1) is 22.5. The van der Waals surface area contributed by atoms with Crippen molar-refractivity contribution in [2.75, 3.05) is 11.9 Å². The predicted molar refractivity (Wildman–Crippen MR) is 165 cm³/mol. The second-order valence-corrected chi connectivity index (χ2v) is 12.2. The van der Waals surface area contributed by atoms with E-state index in [4.69, 9.17) is 10.5 Å². The van der Waals surface area contributed by atoms with Gasteiger partial charge < -0.3 is 25.4 Å². The van der Waals surface area contributed by atoms with Crippen molar-refractivity contribution in [3.8, 4) is 0 Å². The third-order valence-corrected chi connectivity index (χ3v) is 8.80. The fourth-order valence-corrected chi connectivity index (χ4v) is 6.43. The Morgan fingerprint density at radius 1 is 1.00 bits per heavy atom. The van der Waals surface area contributed by atoms with Gasteiger partial charge in [0, 0.05) is 67.7 Å². The van der Waals surface area contributed by atoms with Gasteiger partial charge in [0.2, 0.25) is 5.95 Å². The number of aliphatic imine (C=N–C) groups is 1. The summed E-state index contributed by atoms with van der Waals surface area (Å²) in [7, 11) is 1.54. The van der Waals surface area contributed by atoms with E-state index in [1.54, 1.807) is 30.7 Å². The molecule has 1 saturated heterocycles. The van der Waals surface area contributed by atoms with Gasteiger partial charge in [-0.25, -0.2) is 14.8 Å². The van der Waals surface area contributed by atoms with Crippen molar-refractivity contribution >= 4 is 29.8 Å². The van der Waals surface area contributed by atoms with Crippen LogP contribution in [0.5, 0.6) is 0 Å². The largest absolute Gasteiger partial charge is 0.481 e. The molecule has 1 aliphatic carbocycles. The van der Waals surface area contributed by atoms with Gasteiger partial charge in [-0.05, 0) is 76.1 Å². The topological polar surface area (TPSA) is 134 Å². The molecule has 2 aromatic rings. The zero-order valence-corrected chi connectivity index (χ0v) is 26.6. The number of likely N-dealkylation sites (tertiary alicyclic amines) is 1. The van der Waals surface area contributed by atoms with Crippen molar-refractivity contribution in [2.45, 2.75) is 95.5 Å². The lowest BCUT2D eigenvalue weighted by atomic mass is 9.87. The number of benzene rings is 1. The third kappa shape index (κ3) is 8.75. The normalized spacial score (nSPS) is 24.1. The number of anilines is 1. The van der Waals surface area contributed by atoms with E-state index in [1.807, 2.05) is 0 Å². The number of piperidine rings is 1. The molecule has 0 radical (unpaired) electrons. The number of carbonyl (C=O) groups is 2. The lowest BCUT2D eigenvalue weighted by molar-refractivity contribution is -0.144. The Morgan fingerprint density at radius 2 is 1.54 bits per heavy atom. The Morgan fingerprint density at radius 3 is 2.00 bits per heavy atom. The molecule has 10 nitrogen and oxygen atoms in total. The summed E-state index contributed by atoms with van der Waals surface area (Å²) in [6, 6.07) is 0.0643. The molecule has 1 saturated carbocycles. The highest BCUT2D eigenvalue weighted by atomic mass is 19.4. The molecule has 2 aliphatic rings. The van der Waals surface area contributed by atoms with Crippen LogP contribution in [0, 0.1) is 5.92 Å². The number of nitrogens with two attached hydrogens (primary N) is 1. The summed E-state index contributed by atoms with van der Waals surface area (Å²) in [5.74, 6) is -1.29. The highest BCUT2D eigenvalue weighted by Gasteiger charge is 2.41. The summed E-state index contributed by atoms with van der Waals surface area (Å²) in [5, 5.41) is 9.25. The van der Waals surface area contributed by atoms with Crippen molar-refractivity contribution in [2.24, 2.45) is 16.6 Å². The van der Waals surface area contributed by atoms with Crippen LogP contribution in [0.3, 0.4) is 0 Å². The van der Waals surface area contributed by atoms with Gasteiger partial charge in [0.05, 0.1) is 17.0 Å². The highest BCUT2D eigenvalue weighted by Crippen LogP contribution is 2.38. The van der Waals surface area contributed by atoms with Gasteiger partial charge in [-0.3, -0.25) is 9.79 Å². The summed E-state index contributed by atoms with van der Waals surface area (Å²) in [6.07, 6.45) is -3.21. The van der Waals surface area contributed by atoms with E-state index in [-0.39, 0.29) is 37.0 Å². The van der Waals surface area contributed by atoms with Crippen LogP contribution in [-0.2, 0) is 28.4 Å². The number of rotatable bonds is 8. The maximum atomic E-state index is 13.7. The standard InChI is InChI=1S/C32H38F6N6O4/c1-18-8-26(9-19(2)44(18)30(47)48-27-6-4-21(5-7-27)28(45)46)43(29-41-15-23(16-42-29)22(13-39)14-40-3)17-20-10-24(31(33,34)35)12-25(11-20)32(36,37)38/h10-16,18-19,21,26-27H,4-9,17,39H2,1-3H3,(H,45,46)/t18-,19+,21?,26?,27?. The molecule has 3 atom stereocenters. The van der Waals surface area contributed by atoms with Gasteiger partial charge in [-0.15, -0.1) is 0 Å². The second-order valence-electron chi connectivity index (χ2n) is 12.2. The quantitative estimate of drug-likeness (QED) is 0.237. The van der Waals surface area contributed by atoms with Gasteiger partial charge in [-0.1, -0.05) is 0 Å². The minimum Gasteiger partial charge on any atom is -0.481 e. The molecule has 0 spiro atoms. The Bertz CT molecular complexity index is 1460. The van der Waals surface area contributed by atoms with Crippen molar-refractivity contribution in [1.82, 2.24) is 14.9 Å². The zero-order valence-electron chi connectivity index (χ0n) is 26.6. The van der Waals surface area contributed by atoms with Crippen LogP contribution in [-0.4, -0.2) is 69.5 Å². The number of nitrogens with zero attached hydrogens (tertiary/aromatic N) is 5. The molecule has 1 unspecified atom stereocenters. The van der Waals surface area contributed by atoms with E-state index in [0.29, 0.717) is 49.0 Å². The number of alkyl halides is 6. The Balaban J connectivity index is 1.63. The van der Waals surface area contributed by atoms with Crippen molar-refractivity contribution in [3.05, 3.63) is 59.0 Å². The molecule has 2 heterocycles. The number of aromatic nitrogens is 2. The van der Waals surface area contributed by atoms with Crippen LogP contribution in [0.4, 0.5) is 37.1 Å². The molecule has 1 aromatic heterocycles. The predicted octanol–water partition coefficient (Wildman–Crippen LogP) is 6.54. The minimum absolute atomic E-state index is 0.0603. The second kappa shape index (κ2) is 14.8. The number of hydrogen-bond acceptors (Lipinski definition) is 8. The van der Waals surface area contributed by atoms with Gasteiger partial charge in [0.25, 0.3) is 0 Å². The summed E-state index contributed by atoms with van der Waals surface area (Å²) in [4.78, 5) is 40.4. The molecule has 48 heavy (non-hydrogen) atoms. The van der Waals surface area contributed by atoms with Crippen molar-refractivity contribution < 1.29 is 45.8 Å². The lowest BCUT2D eigenvalue weighted by Crippen LogP contribution is -2.56. The fourth-order valence-electron chi connectivity index (χ4n) is 6.43. The van der Waals surface area contributed by atoms with E-state index < -0.39 is 65.7 Å². The first-order valence-electron chi connectivity index (χ1n) is 15.4. The summed E-state index contributed by atoms with van der Waals surface area (Å²) < 4.78 is 88.0. The molecule has 4 rings (SSSR count). The van der Waals surface area contributed by atoms with Crippen LogP contribution < -0.4 is 10.6 Å². The molecule has 3 N–H and O–H groups in total. The average Bonchev–Trinajstić information content (AvgIpc) is 3.01. The van der Waals surface area contributed by atoms with Gasteiger partial charge in [0.15, 0.2) is 0 Å². The first-order valence-corrected chi connectivity index (χ1v) is 15.4. The summed E-state index contributed by atoms with van der Waals surface area (Å²) >= 11 is 0. The highest BCUT2D eigenvalue weighted by molar-refractivity contribution is 6.09. The van der Waals surface area contributed by atoms with Crippen LogP contribution in [0.15, 0.2) is 41.8 Å². The molecule has 2 fully saturated rings. The van der Waals surface area contributed by atoms with E-state index in [1.165, 1.54) is 24.8 Å². The molecular weight excluding hydrogens is 646 g/mol. The number of carbonyl (C=O) groups excluding carboxylic acids is 1. The number of allylic oxidation sites excluding steroid dienone is 1. The minimum atomic E-state index is -5.02. The van der Waals surface area contributed by atoms with Crippen molar-refractivity contribution in [1.29, 1.82) is 0 Å². The van der Waals surface area contributed by atoms with Gasteiger partial charge in [0.1, 0.15) is 6.10 Å². The number of carboxylic acids is 1. The van der Waals surface area contributed by atoms with Crippen LogP contribution in [0.2, 0.25) is 0 Å². The molecule has 0 bridgehead atoms. The number of ether oxygens (including phenoxy) is 1. The molecule has 262 valence electrons. The van der Waals surface area contributed by atoms with Crippen LogP contribution in [0.1, 0.15) is 74.6 Å². The summed E-state index contributed by atoms with van der Waals surface area (Å²) in [5.41, 5.74) is 3.55. The van der Waals surface area contributed by atoms with Crippen molar-refractivity contribution in [3.63, 3.8) is 0 Å². The van der Waals surface area contributed by atoms with E-state index in [2.05, 4.69) is 15.0 Å². The molecule has 1 aromatic carbocycles. The lowest BCUT2D eigenvalue weighted by Gasteiger charge is -2.46. The fraction of sp³-hybridized carbons (Fsp3) is 0.531. The Hall–Kier alpha value is -4.37. The Labute approximate surface area is 273 Å². The number of aliphatic carboxylic acids is 1. The number of hydrogen-bond donors (Lipinski definition) is 2.